The fraction of sp³-hybridized carbons (Fsp3) is 0.364. The Hall–Kier alpha value is -0.370. The van der Waals surface area contributed by atoms with Crippen LogP contribution < -0.4 is 0 Å². The molecule has 0 aliphatic carbocycles. The van der Waals surface area contributed by atoms with Gasteiger partial charge in [-0.15, -0.1) is 0 Å². The lowest BCUT2D eigenvalue weighted by Gasteiger charge is -2.15. The van der Waals surface area contributed by atoms with E-state index in [0.29, 0.717) is 10.6 Å². The lowest BCUT2D eigenvalue weighted by molar-refractivity contribution is 0.0572. The zero-order chi connectivity index (χ0) is 12.6. The molecule has 0 aromatic heterocycles. The number of likely N-dealkylation sites (tertiary alicyclic amines) is 1. The average molecular weight is 368 g/mol. The smallest absolute Gasteiger partial charge is 0.254 e. The first-order valence-corrected chi connectivity index (χ1v) is 6.55. The molecule has 2 atom stereocenters. The topological polar surface area (TPSA) is 60.8 Å². The van der Waals surface area contributed by atoms with Gasteiger partial charge in [0.25, 0.3) is 5.91 Å². The zero-order valence-electron chi connectivity index (χ0n) is 8.81. The fourth-order valence-corrected chi connectivity index (χ4v) is 2.26. The molecule has 0 bridgehead atoms. The lowest BCUT2D eigenvalue weighted by Crippen LogP contribution is -2.29. The van der Waals surface area contributed by atoms with Crippen molar-refractivity contribution < 1.29 is 15.0 Å². The van der Waals surface area contributed by atoms with Crippen LogP contribution in [-0.2, 0) is 0 Å². The molecule has 4 nitrogen and oxygen atoms in total. The van der Waals surface area contributed by atoms with Gasteiger partial charge >= 0.3 is 0 Å². The quantitative estimate of drug-likeness (QED) is 0.732. The summed E-state index contributed by atoms with van der Waals surface area (Å²) in [6.07, 6.45) is -1.73. The highest BCUT2D eigenvalue weighted by molar-refractivity contribution is 14.1. The Labute approximate surface area is 117 Å². The van der Waals surface area contributed by atoms with Crippen molar-refractivity contribution in [2.24, 2.45) is 0 Å². The molecule has 0 radical (unpaired) electrons. The minimum atomic E-state index is -0.863. The number of carbonyl (C=O) groups excluding carboxylic acids is 1. The third-order valence-corrected chi connectivity index (χ3v) is 4.29. The predicted molar refractivity (Wildman–Crippen MR) is 72.1 cm³/mol. The Kier molecular flexibility index (Phi) is 3.92. The van der Waals surface area contributed by atoms with E-state index < -0.39 is 12.2 Å². The normalized spacial score (nSPS) is 24.1. The summed E-state index contributed by atoms with van der Waals surface area (Å²) in [6, 6.07) is 5.05. The van der Waals surface area contributed by atoms with E-state index in [2.05, 4.69) is 22.6 Å². The van der Waals surface area contributed by atoms with Gasteiger partial charge in [-0.25, -0.2) is 0 Å². The molecule has 1 aliphatic rings. The number of hydrogen-bond acceptors (Lipinski definition) is 3. The Balaban J connectivity index is 2.17. The van der Waals surface area contributed by atoms with Crippen molar-refractivity contribution in [1.29, 1.82) is 0 Å². The molecule has 1 heterocycles. The molecule has 6 heteroatoms. The Bertz CT molecular complexity index is 444. The van der Waals surface area contributed by atoms with Crippen LogP contribution >= 0.6 is 34.2 Å². The highest BCUT2D eigenvalue weighted by atomic mass is 127. The molecule has 0 spiro atoms. The van der Waals surface area contributed by atoms with Gasteiger partial charge in [-0.1, -0.05) is 11.6 Å². The molecule has 1 saturated heterocycles. The summed E-state index contributed by atoms with van der Waals surface area (Å²) >= 11 is 8.03. The molecule has 1 aromatic carbocycles. The van der Waals surface area contributed by atoms with Crippen molar-refractivity contribution in [3.8, 4) is 0 Å². The SMILES string of the molecule is O=C(c1ccc(I)c(Cl)c1)N1C[C@@H](O)[C@@H](O)C1. The highest BCUT2D eigenvalue weighted by Crippen LogP contribution is 2.21. The van der Waals surface area contributed by atoms with E-state index in [-0.39, 0.29) is 19.0 Å². The minimum absolute atomic E-state index is 0.156. The second-order valence-corrected chi connectivity index (χ2v) is 5.54. The summed E-state index contributed by atoms with van der Waals surface area (Å²) in [5.74, 6) is -0.223. The van der Waals surface area contributed by atoms with Crippen LogP contribution in [0.4, 0.5) is 0 Å². The monoisotopic (exact) mass is 367 g/mol. The molecular formula is C11H11ClINO3. The first kappa shape index (κ1) is 13.1. The number of aliphatic hydroxyl groups is 2. The molecular weight excluding hydrogens is 356 g/mol. The molecule has 1 fully saturated rings. The Morgan fingerprint density at radius 3 is 2.47 bits per heavy atom. The molecule has 1 amide bonds. The van der Waals surface area contributed by atoms with Crippen LogP contribution in [0.25, 0.3) is 0 Å². The number of nitrogens with zero attached hydrogens (tertiary/aromatic N) is 1. The van der Waals surface area contributed by atoms with Crippen LogP contribution in [0, 0.1) is 3.57 Å². The van der Waals surface area contributed by atoms with Crippen molar-refractivity contribution in [1.82, 2.24) is 4.90 Å². The Morgan fingerprint density at radius 2 is 1.94 bits per heavy atom. The maximum Gasteiger partial charge on any atom is 0.254 e. The van der Waals surface area contributed by atoms with Crippen LogP contribution in [0.3, 0.4) is 0 Å². The average Bonchev–Trinajstić information content (AvgIpc) is 2.62. The molecule has 0 unspecified atom stereocenters. The highest BCUT2D eigenvalue weighted by Gasteiger charge is 2.32. The molecule has 1 aromatic rings. The molecule has 92 valence electrons. The number of β-amino-alcohol motifs (C(OH)–C–C–N with tert-alkyl or cyclic N) is 2. The molecule has 1 aliphatic heterocycles. The van der Waals surface area contributed by atoms with Crippen molar-refractivity contribution in [3.63, 3.8) is 0 Å². The molecule has 17 heavy (non-hydrogen) atoms. The van der Waals surface area contributed by atoms with Gasteiger partial charge in [0.1, 0.15) is 0 Å². The Morgan fingerprint density at radius 1 is 1.35 bits per heavy atom. The van der Waals surface area contributed by atoms with Gasteiger partial charge in [-0.2, -0.15) is 0 Å². The number of aliphatic hydroxyl groups excluding tert-OH is 2. The van der Waals surface area contributed by atoms with Crippen LogP contribution in [0.5, 0.6) is 0 Å². The van der Waals surface area contributed by atoms with E-state index in [4.69, 9.17) is 11.6 Å². The predicted octanol–water partition coefficient (Wildman–Crippen LogP) is 1.12. The fourth-order valence-electron chi connectivity index (χ4n) is 1.75. The van der Waals surface area contributed by atoms with E-state index in [0.717, 1.165) is 3.57 Å². The van der Waals surface area contributed by atoms with E-state index >= 15 is 0 Å². The molecule has 2 N–H and O–H groups in total. The van der Waals surface area contributed by atoms with E-state index in [1.54, 1.807) is 18.2 Å². The molecule has 2 rings (SSSR count). The van der Waals surface area contributed by atoms with Gasteiger partial charge in [-0.05, 0) is 40.8 Å². The summed E-state index contributed by atoms with van der Waals surface area (Å²) in [6.45, 7) is 0.313. The maximum atomic E-state index is 12.0. The summed E-state index contributed by atoms with van der Waals surface area (Å²) in [4.78, 5) is 13.5. The van der Waals surface area contributed by atoms with Gasteiger partial charge in [0, 0.05) is 22.2 Å². The third-order valence-electron chi connectivity index (χ3n) is 2.71. The lowest BCUT2D eigenvalue weighted by atomic mass is 10.2. The first-order chi connectivity index (χ1) is 7.99. The summed E-state index contributed by atoms with van der Waals surface area (Å²) in [7, 11) is 0. The summed E-state index contributed by atoms with van der Waals surface area (Å²) in [5, 5.41) is 19.3. The second-order valence-electron chi connectivity index (χ2n) is 3.97. The molecule has 0 saturated carbocycles. The van der Waals surface area contributed by atoms with Crippen molar-refractivity contribution in [2.75, 3.05) is 13.1 Å². The van der Waals surface area contributed by atoms with Crippen LogP contribution in [0.15, 0.2) is 18.2 Å². The van der Waals surface area contributed by atoms with Crippen LogP contribution in [0.2, 0.25) is 5.02 Å². The third kappa shape index (κ3) is 2.73. The van der Waals surface area contributed by atoms with E-state index in [1.807, 2.05) is 0 Å². The van der Waals surface area contributed by atoms with Gasteiger partial charge in [0.2, 0.25) is 0 Å². The number of rotatable bonds is 1. The van der Waals surface area contributed by atoms with Crippen LogP contribution in [0.1, 0.15) is 10.4 Å². The summed E-state index contributed by atoms with van der Waals surface area (Å²) < 4.78 is 0.877. The van der Waals surface area contributed by atoms with Gasteiger partial charge in [0.05, 0.1) is 17.2 Å². The standard InChI is InChI=1S/C11H11ClINO3/c12-7-3-6(1-2-8(7)13)11(17)14-4-9(15)10(16)5-14/h1-3,9-10,15-16H,4-5H2/t9-,10+. The second kappa shape index (κ2) is 5.09. The first-order valence-electron chi connectivity index (χ1n) is 5.09. The number of halogens is 2. The number of carbonyl (C=O) groups is 1. The van der Waals surface area contributed by atoms with Crippen molar-refractivity contribution in [3.05, 3.63) is 32.4 Å². The van der Waals surface area contributed by atoms with Crippen molar-refractivity contribution in [2.45, 2.75) is 12.2 Å². The van der Waals surface area contributed by atoms with E-state index in [9.17, 15) is 15.0 Å². The minimum Gasteiger partial charge on any atom is -0.388 e. The van der Waals surface area contributed by atoms with Gasteiger partial charge in [0.15, 0.2) is 0 Å². The zero-order valence-corrected chi connectivity index (χ0v) is 11.7. The largest absolute Gasteiger partial charge is 0.388 e. The maximum absolute atomic E-state index is 12.0. The number of benzene rings is 1. The summed E-state index contributed by atoms with van der Waals surface area (Å²) in [5.41, 5.74) is 0.469. The van der Waals surface area contributed by atoms with Gasteiger partial charge < -0.3 is 15.1 Å². The number of amides is 1. The number of hydrogen-bond donors (Lipinski definition) is 2. The van der Waals surface area contributed by atoms with Crippen LogP contribution in [-0.4, -0.2) is 46.3 Å². The van der Waals surface area contributed by atoms with E-state index in [1.165, 1.54) is 4.90 Å². The van der Waals surface area contributed by atoms with Crippen molar-refractivity contribution >= 4 is 40.1 Å². The van der Waals surface area contributed by atoms with Gasteiger partial charge in [-0.3, -0.25) is 4.79 Å².